The highest BCUT2D eigenvalue weighted by Crippen LogP contribution is 2.18. The molecule has 0 radical (unpaired) electrons. The Morgan fingerprint density at radius 3 is 2.18 bits per heavy atom. The normalized spacial score (nSPS) is 14.9. The lowest BCUT2D eigenvalue weighted by molar-refractivity contribution is 0.0628. The van der Waals surface area contributed by atoms with Crippen molar-refractivity contribution in [3.05, 3.63) is 83.4 Å². The molecule has 1 fully saturated rings. The van der Waals surface area contributed by atoms with E-state index in [4.69, 9.17) is 11.1 Å². The lowest BCUT2D eigenvalue weighted by Gasteiger charge is -2.34. The molecule has 5 nitrogen and oxygen atoms in total. The second-order valence-corrected chi connectivity index (χ2v) is 7.24. The highest BCUT2D eigenvalue weighted by atomic mass is 16.2. The third kappa shape index (κ3) is 3.89. The molecule has 28 heavy (non-hydrogen) atoms. The highest BCUT2D eigenvalue weighted by Gasteiger charge is 2.22. The third-order valence-electron chi connectivity index (χ3n) is 5.32. The number of fused-ring (bicyclic) bond motifs is 1. The number of hydrogen-bond acceptors (Lipinski definition) is 3. The van der Waals surface area contributed by atoms with Gasteiger partial charge in [-0.2, -0.15) is 0 Å². The number of nitrogens with two attached hydrogens (primary N) is 1. The predicted molar refractivity (Wildman–Crippen MR) is 113 cm³/mol. The van der Waals surface area contributed by atoms with Crippen LogP contribution in [0.3, 0.4) is 0 Å². The molecule has 0 saturated carbocycles. The lowest BCUT2D eigenvalue weighted by atomic mass is 10.1. The summed E-state index contributed by atoms with van der Waals surface area (Å²) in [5, 5.41) is 9.97. The maximum atomic E-state index is 12.7. The molecule has 3 N–H and O–H groups in total. The minimum Gasteiger partial charge on any atom is -0.384 e. The number of amidine groups is 1. The van der Waals surface area contributed by atoms with Crippen molar-refractivity contribution < 1.29 is 4.79 Å². The number of nitrogen functional groups attached to an aromatic ring is 1. The summed E-state index contributed by atoms with van der Waals surface area (Å²) in [4.78, 5) is 17.0. The molecule has 1 amide bonds. The van der Waals surface area contributed by atoms with Crippen molar-refractivity contribution in [3.63, 3.8) is 0 Å². The molecule has 3 aromatic rings. The summed E-state index contributed by atoms with van der Waals surface area (Å²) in [6.07, 6.45) is 0. The second-order valence-electron chi connectivity index (χ2n) is 7.24. The van der Waals surface area contributed by atoms with Crippen LogP contribution in [0, 0.1) is 5.41 Å². The zero-order chi connectivity index (χ0) is 19.5. The first kappa shape index (κ1) is 18.2. The highest BCUT2D eigenvalue weighted by molar-refractivity contribution is 5.98. The van der Waals surface area contributed by atoms with Gasteiger partial charge in [0, 0.05) is 43.9 Å². The van der Waals surface area contributed by atoms with E-state index in [0.29, 0.717) is 11.1 Å². The van der Waals surface area contributed by atoms with Gasteiger partial charge in [-0.15, -0.1) is 0 Å². The predicted octanol–water partition coefficient (Wildman–Crippen LogP) is 3.08. The van der Waals surface area contributed by atoms with E-state index in [2.05, 4.69) is 47.4 Å². The molecular weight excluding hydrogens is 348 g/mol. The van der Waals surface area contributed by atoms with Gasteiger partial charge < -0.3 is 10.6 Å². The van der Waals surface area contributed by atoms with Crippen LogP contribution in [0.5, 0.6) is 0 Å². The van der Waals surface area contributed by atoms with E-state index in [1.54, 1.807) is 24.3 Å². The number of hydrogen-bond donors (Lipinski definition) is 2. The molecule has 4 rings (SSSR count). The first-order valence-corrected chi connectivity index (χ1v) is 9.54. The molecule has 0 aliphatic carbocycles. The van der Waals surface area contributed by atoms with Crippen molar-refractivity contribution in [2.75, 3.05) is 26.2 Å². The van der Waals surface area contributed by atoms with Gasteiger partial charge in [0.05, 0.1) is 0 Å². The second kappa shape index (κ2) is 7.82. The Hall–Kier alpha value is -3.18. The summed E-state index contributed by atoms with van der Waals surface area (Å²) in [7, 11) is 0. The Morgan fingerprint density at radius 1 is 0.857 bits per heavy atom. The van der Waals surface area contributed by atoms with Crippen LogP contribution in [0.25, 0.3) is 10.8 Å². The Morgan fingerprint density at radius 2 is 1.50 bits per heavy atom. The van der Waals surface area contributed by atoms with Gasteiger partial charge in [0.25, 0.3) is 5.91 Å². The third-order valence-corrected chi connectivity index (χ3v) is 5.32. The van der Waals surface area contributed by atoms with Crippen LogP contribution in [0.4, 0.5) is 0 Å². The van der Waals surface area contributed by atoms with Gasteiger partial charge in [-0.3, -0.25) is 15.1 Å². The molecule has 142 valence electrons. The van der Waals surface area contributed by atoms with E-state index in [0.717, 1.165) is 32.7 Å². The van der Waals surface area contributed by atoms with Crippen LogP contribution >= 0.6 is 0 Å². The van der Waals surface area contributed by atoms with Gasteiger partial charge in [0.15, 0.2) is 0 Å². The van der Waals surface area contributed by atoms with Crippen molar-refractivity contribution in [2.45, 2.75) is 6.54 Å². The first-order valence-electron chi connectivity index (χ1n) is 9.54. The molecule has 1 heterocycles. The molecule has 0 atom stereocenters. The Labute approximate surface area is 164 Å². The van der Waals surface area contributed by atoms with Crippen LogP contribution in [-0.4, -0.2) is 47.7 Å². The minimum absolute atomic E-state index is 0.0151. The number of nitrogens with zero attached hydrogens (tertiary/aromatic N) is 2. The van der Waals surface area contributed by atoms with Crippen LogP contribution in [0.15, 0.2) is 66.7 Å². The molecule has 0 aromatic heterocycles. The van der Waals surface area contributed by atoms with Crippen LogP contribution in [0.1, 0.15) is 21.5 Å². The first-order chi connectivity index (χ1) is 13.6. The number of amides is 1. The van der Waals surface area contributed by atoms with E-state index in [1.807, 2.05) is 4.90 Å². The quantitative estimate of drug-likeness (QED) is 0.546. The molecule has 0 spiro atoms. The van der Waals surface area contributed by atoms with Gasteiger partial charge in [0.1, 0.15) is 5.84 Å². The SMILES string of the molecule is N=C(N)c1ccc(C(=O)N2CCN(Cc3ccc4ccccc4c3)CC2)cc1. The summed E-state index contributed by atoms with van der Waals surface area (Å²) < 4.78 is 0. The summed E-state index contributed by atoms with van der Waals surface area (Å²) in [6, 6.07) is 22.0. The Balaban J connectivity index is 1.35. The molecular formula is C23H24N4O. The molecule has 1 saturated heterocycles. The van der Waals surface area contributed by atoms with Crippen molar-refractivity contribution in [1.29, 1.82) is 5.41 Å². The number of nitrogens with one attached hydrogen (secondary N) is 1. The monoisotopic (exact) mass is 372 g/mol. The number of piperazine rings is 1. The number of carbonyl (C=O) groups excluding carboxylic acids is 1. The van der Waals surface area contributed by atoms with Crippen molar-refractivity contribution in [3.8, 4) is 0 Å². The van der Waals surface area contributed by atoms with E-state index >= 15 is 0 Å². The Kier molecular flexibility index (Phi) is 5.08. The fourth-order valence-electron chi connectivity index (χ4n) is 3.68. The van der Waals surface area contributed by atoms with E-state index < -0.39 is 0 Å². The average Bonchev–Trinajstić information content (AvgIpc) is 2.74. The summed E-state index contributed by atoms with van der Waals surface area (Å²) in [6.45, 7) is 4.08. The van der Waals surface area contributed by atoms with Gasteiger partial charge in [-0.05, 0) is 34.5 Å². The number of carbonyl (C=O) groups is 1. The minimum atomic E-state index is 0.0151. The van der Waals surface area contributed by atoms with Gasteiger partial charge in [-0.25, -0.2) is 0 Å². The van der Waals surface area contributed by atoms with Crippen LogP contribution in [0.2, 0.25) is 0 Å². The van der Waals surface area contributed by atoms with Gasteiger partial charge in [0.2, 0.25) is 0 Å². The van der Waals surface area contributed by atoms with Crippen LogP contribution < -0.4 is 5.73 Å². The molecule has 5 heteroatoms. The zero-order valence-electron chi connectivity index (χ0n) is 15.8. The fraction of sp³-hybridized carbons (Fsp3) is 0.217. The Bertz CT molecular complexity index is 1000. The lowest BCUT2D eigenvalue weighted by Crippen LogP contribution is -2.48. The number of rotatable bonds is 4. The van der Waals surface area contributed by atoms with E-state index in [9.17, 15) is 4.79 Å². The maximum Gasteiger partial charge on any atom is 0.253 e. The van der Waals surface area contributed by atoms with E-state index in [-0.39, 0.29) is 11.7 Å². The largest absolute Gasteiger partial charge is 0.384 e. The van der Waals surface area contributed by atoms with Gasteiger partial charge >= 0.3 is 0 Å². The summed E-state index contributed by atoms with van der Waals surface area (Å²) in [5.41, 5.74) is 8.06. The molecule has 0 bridgehead atoms. The molecule has 1 aliphatic rings. The maximum absolute atomic E-state index is 12.7. The standard InChI is InChI=1S/C23H24N4O/c24-22(25)19-7-9-20(10-8-19)23(28)27-13-11-26(12-14-27)16-17-5-6-18-3-1-2-4-21(18)15-17/h1-10,15H,11-14,16H2,(H3,24,25). The molecule has 0 unspecified atom stereocenters. The van der Waals surface area contributed by atoms with Crippen LogP contribution in [-0.2, 0) is 6.54 Å². The average molecular weight is 372 g/mol. The molecule has 1 aliphatic heterocycles. The molecule has 3 aromatic carbocycles. The topological polar surface area (TPSA) is 73.4 Å². The summed E-state index contributed by atoms with van der Waals surface area (Å²) >= 11 is 0. The smallest absolute Gasteiger partial charge is 0.253 e. The fourth-order valence-corrected chi connectivity index (χ4v) is 3.68. The summed E-state index contributed by atoms with van der Waals surface area (Å²) in [5.74, 6) is 0.0572. The number of benzene rings is 3. The van der Waals surface area contributed by atoms with Crippen molar-refractivity contribution >= 4 is 22.5 Å². The van der Waals surface area contributed by atoms with Gasteiger partial charge in [-0.1, -0.05) is 48.5 Å². The van der Waals surface area contributed by atoms with E-state index in [1.165, 1.54) is 16.3 Å². The zero-order valence-corrected chi connectivity index (χ0v) is 15.8. The van der Waals surface area contributed by atoms with Crippen molar-refractivity contribution in [2.24, 2.45) is 5.73 Å². The van der Waals surface area contributed by atoms with Crippen molar-refractivity contribution in [1.82, 2.24) is 9.80 Å².